The lowest BCUT2D eigenvalue weighted by Gasteiger charge is -2.25. The van der Waals surface area contributed by atoms with E-state index in [0.29, 0.717) is 5.82 Å². The molecule has 0 amide bonds. The van der Waals surface area contributed by atoms with Gasteiger partial charge in [0.05, 0.1) is 12.6 Å². The number of carbonyl (C=O) groups is 1. The Morgan fingerprint density at radius 1 is 1.52 bits per heavy atom. The van der Waals surface area contributed by atoms with Gasteiger partial charge in [0.25, 0.3) is 0 Å². The monoisotopic (exact) mass is 294 g/mol. The molecular weight excluding hydrogens is 272 g/mol. The molecule has 7 heteroatoms. The average molecular weight is 294 g/mol. The van der Waals surface area contributed by atoms with Gasteiger partial charge in [-0.05, 0) is 18.8 Å². The fraction of sp³-hybridized carbons (Fsp3) is 0.643. The van der Waals surface area contributed by atoms with Gasteiger partial charge in [-0.15, -0.1) is 0 Å². The van der Waals surface area contributed by atoms with Crippen LogP contribution in [0.25, 0.3) is 0 Å². The van der Waals surface area contributed by atoms with Gasteiger partial charge in [-0.25, -0.2) is 14.8 Å². The molecule has 1 aliphatic rings. The van der Waals surface area contributed by atoms with Gasteiger partial charge >= 0.3 is 5.97 Å². The molecule has 0 saturated carbocycles. The first-order chi connectivity index (χ1) is 10.0. The predicted octanol–water partition coefficient (Wildman–Crippen LogP) is 0.959. The Morgan fingerprint density at radius 2 is 2.29 bits per heavy atom. The summed E-state index contributed by atoms with van der Waals surface area (Å²) in [4.78, 5) is 21.6. The van der Waals surface area contributed by atoms with Crippen LogP contribution < -0.4 is 10.2 Å². The minimum atomic E-state index is -0.903. The maximum Gasteiger partial charge on any atom is 0.326 e. The van der Waals surface area contributed by atoms with E-state index in [9.17, 15) is 15.0 Å². The van der Waals surface area contributed by atoms with Crippen molar-refractivity contribution in [3.05, 3.63) is 12.4 Å². The summed E-state index contributed by atoms with van der Waals surface area (Å²) in [7, 11) is 0. The number of carboxylic acid groups (broad SMARTS) is 1. The second-order valence-corrected chi connectivity index (χ2v) is 5.64. The predicted molar refractivity (Wildman–Crippen MR) is 79.4 cm³/mol. The maximum absolute atomic E-state index is 11.2. The topological polar surface area (TPSA) is 98.6 Å². The van der Waals surface area contributed by atoms with E-state index in [2.05, 4.69) is 15.3 Å². The molecule has 116 valence electrons. The van der Waals surface area contributed by atoms with Gasteiger partial charge in [0.2, 0.25) is 0 Å². The van der Waals surface area contributed by atoms with Crippen molar-refractivity contribution in [2.75, 3.05) is 23.4 Å². The Hall–Kier alpha value is -1.89. The summed E-state index contributed by atoms with van der Waals surface area (Å²) in [5, 5.41) is 21.5. The number of anilines is 2. The summed E-state index contributed by atoms with van der Waals surface area (Å²) in [5.41, 5.74) is 0. The Bertz CT molecular complexity index is 495. The molecule has 0 aliphatic carbocycles. The summed E-state index contributed by atoms with van der Waals surface area (Å²) < 4.78 is 0. The molecule has 0 radical (unpaired) electrons. The molecular formula is C14H22N4O3. The largest absolute Gasteiger partial charge is 0.480 e. The van der Waals surface area contributed by atoms with Crippen LogP contribution >= 0.6 is 0 Å². The van der Waals surface area contributed by atoms with E-state index in [1.165, 1.54) is 6.33 Å². The van der Waals surface area contributed by atoms with Crippen molar-refractivity contribution in [3.8, 4) is 0 Å². The molecule has 21 heavy (non-hydrogen) atoms. The molecule has 1 fully saturated rings. The number of hydrogen-bond donors (Lipinski definition) is 3. The first-order valence-corrected chi connectivity index (χ1v) is 7.21. The quantitative estimate of drug-likeness (QED) is 0.718. The number of nitrogens with one attached hydrogen (secondary N) is 1. The third kappa shape index (κ3) is 3.60. The molecule has 0 spiro atoms. The fourth-order valence-electron chi connectivity index (χ4n) is 2.58. The van der Waals surface area contributed by atoms with E-state index < -0.39 is 12.0 Å². The Balaban J connectivity index is 2.15. The van der Waals surface area contributed by atoms with E-state index in [0.717, 1.165) is 25.2 Å². The van der Waals surface area contributed by atoms with Crippen LogP contribution in [0.15, 0.2) is 12.4 Å². The van der Waals surface area contributed by atoms with E-state index in [-0.39, 0.29) is 18.6 Å². The van der Waals surface area contributed by atoms with Crippen LogP contribution in [-0.4, -0.2) is 51.4 Å². The molecule has 2 atom stereocenters. The molecule has 1 aliphatic heterocycles. The molecule has 1 saturated heterocycles. The number of rotatable bonds is 6. The van der Waals surface area contributed by atoms with Gasteiger partial charge in [-0.1, -0.05) is 13.8 Å². The van der Waals surface area contributed by atoms with E-state index >= 15 is 0 Å². The SMILES string of the molecule is CC(C)[C@H](Nc1cc(N2CCCC2CO)ncn1)C(=O)O. The van der Waals surface area contributed by atoms with Crippen molar-refractivity contribution in [1.82, 2.24) is 9.97 Å². The highest BCUT2D eigenvalue weighted by Crippen LogP contribution is 2.25. The highest BCUT2D eigenvalue weighted by Gasteiger charge is 2.26. The van der Waals surface area contributed by atoms with Gasteiger partial charge in [-0.3, -0.25) is 0 Å². The van der Waals surface area contributed by atoms with E-state index in [1.807, 2.05) is 18.7 Å². The number of nitrogens with zero attached hydrogens (tertiary/aromatic N) is 3. The standard InChI is InChI=1S/C14H22N4O3/c1-9(2)13(14(20)21)17-11-6-12(16-8-15-11)18-5-3-4-10(18)7-19/h6,8-10,13,19H,3-5,7H2,1-2H3,(H,20,21)(H,15,16,17)/t10?,13-/m0/s1. The van der Waals surface area contributed by atoms with Crippen molar-refractivity contribution < 1.29 is 15.0 Å². The molecule has 7 nitrogen and oxygen atoms in total. The number of carboxylic acids is 1. The minimum absolute atomic E-state index is 0.0575. The molecule has 1 aromatic rings. The third-order valence-corrected chi connectivity index (χ3v) is 3.77. The second kappa shape index (κ2) is 6.71. The molecule has 1 unspecified atom stereocenters. The second-order valence-electron chi connectivity index (χ2n) is 5.64. The van der Waals surface area contributed by atoms with Crippen LogP contribution in [0.1, 0.15) is 26.7 Å². The van der Waals surface area contributed by atoms with Gasteiger partial charge in [0, 0.05) is 12.6 Å². The first kappa shape index (κ1) is 15.5. The summed E-state index contributed by atoms with van der Waals surface area (Å²) in [5.74, 6) is 0.249. The number of hydrogen-bond acceptors (Lipinski definition) is 6. The van der Waals surface area contributed by atoms with Crippen molar-refractivity contribution in [3.63, 3.8) is 0 Å². The molecule has 3 N–H and O–H groups in total. The Labute approximate surface area is 124 Å². The van der Waals surface area contributed by atoms with E-state index in [4.69, 9.17) is 0 Å². The van der Waals surface area contributed by atoms with Crippen LogP contribution in [0.2, 0.25) is 0 Å². The first-order valence-electron chi connectivity index (χ1n) is 7.21. The Kier molecular flexibility index (Phi) is 4.95. The van der Waals surface area contributed by atoms with Crippen molar-refractivity contribution in [2.45, 2.75) is 38.8 Å². The smallest absolute Gasteiger partial charge is 0.326 e. The zero-order chi connectivity index (χ0) is 15.4. The van der Waals surface area contributed by atoms with Gasteiger partial charge < -0.3 is 20.4 Å². The molecule has 1 aromatic heterocycles. The summed E-state index contributed by atoms with van der Waals surface area (Å²) in [6.07, 6.45) is 3.37. The van der Waals surface area contributed by atoms with Crippen molar-refractivity contribution in [1.29, 1.82) is 0 Å². The lowest BCUT2D eigenvalue weighted by molar-refractivity contribution is -0.138. The number of aliphatic carboxylic acids is 1. The summed E-state index contributed by atoms with van der Waals surface area (Å²) in [6, 6.07) is 1.12. The summed E-state index contributed by atoms with van der Waals surface area (Å²) >= 11 is 0. The van der Waals surface area contributed by atoms with Crippen LogP contribution in [0.3, 0.4) is 0 Å². The van der Waals surface area contributed by atoms with Gasteiger partial charge in [0.15, 0.2) is 0 Å². The number of aromatic nitrogens is 2. The molecule has 2 heterocycles. The number of aliphatic hydroxyl groups is 1. The highest BCUT2D eigenvalue weighted by atomic mass is 16.4. The van der Waals surface area contributed by atoms with Crippen LogP contribution in [0.5, 0.6) is 0 Å². The van der Waals surface area contributed by atoms with Crippen LogP contribution in [0, 0.1) is 5.92 Å². The van der Waals surface area contributed by atoms with Crippen molar-refractivity contribution in [2.24, 2.45) is 5.92 Å². The Morgan fingerprint density at radius 3 is 2.90 bits per heavy atom. The zero-order valence-corrected chi connectivity index (χ0v) is 12.4. The zero-order valence-electron chi connectivity index (χ0n) is 12.4. The normalized spacial score (nSPS) is 19.8. The number of aliphatic hydroxyl groups excluding tert-OH is 1. The van der Waals surface area contributed by atoms with Crippen LogP contribution in [0.4, 0.5) is 11.6 Å². The van der Waals surface area contributed by atoms with Gasteiger partial charge in [-0.2, -0.15) is 0 Å². The fourth-order valence-corrected chi connectivity index (χ4v) is 2.58. The lowest BCUT2D eigenvalue weighted by atomic mass is 10.1. The van der Waals surface area contributed by atoms with Crippen molar-refractivity contribution >= 4 is 17.6 Å². The minimum Gasteiger partial charge on any atom is -0.480 e. The third-order valence-electron chi connectivity index (χ3n) is 3.77. The summed E-state index contributed by atoms with van der Waals surface area (Å²) in [6.45, 7) is 4.62. The molecule has 0 aromatic carbocycles. The van der Waals surface area contributed by atoms with Gasteiger partial charge in [0.1, 0.15) is 24.0 Å². The van der Waals surface area contributed by atoms with Crippen LogP contribution in [-0.2, 0) is 4.79 Å². The highest BCUT2D eigenvalue weighted by molar-refractivity contribution is 5.77. The molecule has 2 rings (SSSR count). The molecule has 0 bridgehead atoms. The lowest BCUT2D eigenvalue weighted by Crippen LogP contribution is -2.35. The average Bonchev–Trinajstić information content (AvgIpc) is 2.93. The maximum atomic E-state index is 11.2. The van der Waals surface area contributed by atoms with E-state index in [1.54, 1.807) is 6.07 Å².